The van der Waals surface area contributed by atoms with Gasteiger partial charge in [-0.1, -0.05) is 17.7 Å². The zero-order valence-corrected chi connectivity index (χ0v) is 12.9. The van der Waals surface area contributed by atoms with Crippen LogP contribution in [0, 0.1) is 13.8 Å². The Bertz CT molecular complexity index is 520. The van der Waals surface area contributed by atoms with Gasteiger partial charge in [0, 0.05) is 31.0 Å². The average Bonchev–Trinajstić information content (AvgIpc) is 2.48. The van der Waals surface area contributed by atoms with Gasteiger partial charge in [-0.15, -0.1) is 0 Å². The van der Waals surface area contributed by atoms with E-state index in [4.69, 9.17) is 0 Å². The smallest absolute Gasteiger partial charge is 0.220 e. The molecular formula is C17H24N2O2. The predicted octanol–water partition coefficient (Wildman–Crippen LogP) is 2.13. The van der Waals surface area contributed by atoms with Crippen LogP contribution in [0.3, 0.4) is 0 Å². The second-order valence-corrected chi connectivity index (χ2v) is 5.85. The number of Topliss-reactive ketones (excluding diaryl/α,β-unsaturated/α-hetero) is 1. The monoisotopic (exact) mass is 288 g/mol. The summed E-state index contributed by atoms with van der Waals surface area (Å²) < 4.78 is 0. The lowest BCUT2D eigenvalue weighted by molar-refractivity contribution is -0.121. The zero-order valence-electron chi connectivity index (χ0n) is 12.9. The molecule has 0 radical (unpaired) electrons. The number of hydrogen-bond acceptors (Lipinski definition) is 3. The van der Waals surface area contributed by atoms with Gasteiger partial charge in [0.2, 0.25) is 5.91 Å². The van der Waals surface area contributed by atoms with Gasteiger partial charge in [-0.25, -0.2) is 0 Å². The lowest BCUT2D eigenvalue weighted by Gasteiger charge is -2.23. The summed E-state index contributed by atoms with van der Waals surface area (Å²) in [5, 5.41) is 6.26. The van der Waals surface area contributed by atoms with Gasteiger partial charge >= 0.3 is 0 Å². The first-order valence-electron chi connectivity index (χ1n) is 7.67. The highest BCUT2D eigenvalue weighted by atomic mass is 16.2. The van der Waals surface area contributed by atoms with Crippen LogP contribution in [0.5, 0.6) is 0 Å². The van der Waals surface area contributed by atoms with E-state index in [2.05, 4.69) is 10.6 Å². The van der Waals surface area contributed by atoms with E-state index in [1.807, 2.05) is 32.0 Å². The molecule has 1 aromatic carbocycles. The highest BCUT2D eigenvalue weighted by Gasteiger charge is 2.16. The van der Waals surface area contributed by atoms with Gasteiger partial charge in [-0.05, 0) is 44.9 Å². The maximum absolute atomic E-state index is 12.2. The molecule has 2 N–H and O–H groups in total. The van der Waals surface area contributed by atoms with Crippen molar-refractivity contribution in [1.82, 2.24) is 10.6 Å². The third-order valence-electron chi connectivity index (χ3n) is 3.93. The van der Waals surface area contributed by atoms with Gasteiger partial charge in [0.05, 0.1) is 0 Å². The number of aryl methyl sites for hydroxylation is 2. The molecule has 1 aliphatic heterocycles. The number of hydrogen-bond donors (Lipinski definition) is 2. The summed E-state index contributed by atoms with van der Waals surface area (Å²) in [6.45, 7) is 5.76. The maximum Gasteiger partial charge on any atom is 0.220 e. The van der Waals surface area contributed by atoms with E-state index in [-0.39, 0.29) is 30.6 Å². The molecule has 1 aliphatic rings. The SMILES string of the molecule is Cc1ccc(C)c(C(=O)CCC(=O)N[C@H]2CCCNC2)c1. The molecule has 4 nitrogen and oxygen atoms in total. The van der Waals surface area contributed by atoms with Crippen LogP contribution in [0.25, 0.3) is 0 Å². The normalized spacial score (nSPS) is 18.3. The van der Waals surface area contributed by atoms with E-state index in [0.717, 1.165) is 42.6 Å². The quantitative estimate of drug-likeness (QED) is 0.816. The third-order valence-corrected chi connectivity index (χ3v) is 3.93. The maximum atomic E-state index is 12.2. The van der Waals surface area contributed by atoms with Crippen LogP contribution in [0.15, 0.2) is 18.2 Å². The zero-order chi connectivity index (χ0) is 15.2. The van der Waals surface area contributed by atoms with Gasteiger partial charge in [-0.2, -0.15) is 0 Å². The molecule has 1 fully saturated rings. The summed E-state index contributed by atoms with van der Waals surface area (Å²) in [5.41, 5.74) is 2.78. The van der Waals surface area contributed by atoms with E-state index in [9.17, 15) is 9.59 Å². The molecule has 1 atom stereocenters. The number of rotatable bonds is 5. The van der Waals surface area contributed by atoms with Gasteiger partial charge in [0.1, 0.15) is 0 Å². The highest BCUT2D eigenvalue weighted by molar-refractivity contribution is 5.99. The van der Waals surface area contributed by atoms with E-state index in [0.29, 0.717) is 0 Å². The van der Waals surface area contributed by atoms with Crippen molar-refractivity contribution in [3.8, 4) is 0 Å². The first kappa shape index (κ1) is 15.7. The number of ketones is 1. The molecule has 21 heavy (non-hydrogen) atoms. The van der Waals surface area contributed by atoms with Crippen molar-refractivity contribution in [2.75, 3.05) is 13.1 Å². The van der Waals surface area contributed by atoms with Crippen molar-refractivity contribution in [2.45, 2.75) is 45.6 Å². The van der Waals surface area contributed by atoms with Crippen molar-refractivity contribution in [3.63, 3.8) is 0 Å². The van der Waals surface area contributed by atoms with Crippen LogP contribution in [0.2, 0.25) is 0 Å². The molecule has 2 rings (SSSR count). The summed E-state index contributed by atoms with van der Waals surface area (Å²) in [5.74, 6) is 0.0236. The summed E-state index contributed by atoms with van der Waals surface area (Å²) in [6.07, 6.45) is 2.65. The topological polar surface area (TPSA) is 58.2 Å². The van der Waals surface area contributed by atoms with Crippen molar-refractivity contribution >= 4 is 11.7 Å². The van der Waals surface area contributed by atoms with Gasteiger partial charge in [0.25, 0.3) is 0 Å². The first-order chi connectivity index (χ1) is 10.1. The fraction of sp³-hybridized carbons (Fsp3) is 0.529. The van der Waals surface area contributed by atoms with Crippen LogP contribution >= 0.6 is 0 Å². The minimum atomic E-state index is -0.0256. The molecular weight excluding hydrogens is 264 g/mol. The molecule has 0 spiro atoms. The predicted molar refractivity (Wildman–Crippen MR) is 83.5 cm³/mol. The first-order valence-corrected chi connectivity index (χ1v) is 7.67. The Labute approximate surface area is 126 Å². The van der Waals surface area contributed by atoms with Gasteiger partial charge in [0.15, 0.2) is 5.78 Å². The molecule has 1 amide bonds. The van der Waals surface area contributed by atoms with Crippen LogP contribution in [-0.2, 0) is 4.79 Å². The Kier molecular flexibility index (Phi) is 5.51. The number of carbonyl (C=O) groups is 2. The lowest BCUT2D eigenvalue weighted by Crippen LogP contribution is -2.45. The lowest BCUT2D eigenvalue weighted by atomic mass is 9.99. The second kappa shape index (κ2) is 7.36. The number of carbonyl (C=O) groups excluding carboxylic acids is 2. The Morgan fingerprint density at radius 1 is 1.29 bits per heavy atom. The Hall–Kier alpha value is -1.68. The Morgan fingerprint density at radius 3 is 2.81 bits per heavy atom. The minimum Gasteiger partial charge on any atom is -0.352 e. The molecule has 1 heterocycles. The van der Waals surface area contributed by atoms with Crippen LogP contribution in [0.4, 0.5) is 0 Å². The molecule has 0 bridgehead atoms. The fourth-order valence-corrected chi connectivity index (χ4v) is 2.67. The van der Waals surface area contributed by atoms with E-state index in [1.54, 1.807) is 0 Å². The summed E-state index contributed by atoms with van der Waals surface area (Å²) in [7, 11) is 0. The number of benzene rings is 1. The van der Waals surface area contributed by atoms with E-state index in [1.165, 1.54) is 0 Å². The summed E-state index contributed by atoms with van der Waals surface area (Å²) >= 11 is 0. The third kappa shape index (κ3) is 4.67. The summed E-state index contributed by atoms with van der Waals surface area (Å²) in [6, 6.07) is 6.06. The van der Waals surface area contributed by atoms with Crippen LogP contribution < -0.4 is 10.6 Å². The molecule has 4 heteroatoms. The Morgan fingerprint density at radius 2 is 2.10 bits per heavy atom. The largest absolute Gasteiger partial charge is 0.352 e. The molecule has 1 saturated heterocycles. The molecule has 0 aromatic heterocycles. The van der Waals surface area contributed by atoms with Crippen molar-refractivity contribution in [2.24, 2.45) is 0 Å². The summed E-state index contributed by atoms with van der Waals surface area (Å²) in [4.78, 5) is 24.1. The Balaban J connectivity index is 1.82. The number of nitrogens with one attached hydrogen (secondary N) is 2. The van der Waals surface area contributed by atoms with Gasteiger partial charge < -0.3 is 10.6 Å². The molecule has 1 aromatic rings. The highest BCUT2D eigenvalue weighted by Crippen LogP contribution is 2.14. The van der Waals surface area contributed by atoms with Crippen LogP contribution in [0.1, 0.15) is 47.2 Å². The molecule has 0 aliphatic carbocycles. The van der Waals surface area contributed by atoms with Crippen molar-refractivity contribution in [1.29, 1.82) is 0 Å². The van der Waals surface area contributed by atoms with Crippen molar-refractivity contribution < 1.29 is 9.59 Å². The van der Waals surface area contributed by atoms with Gasteiger partial charge in [-0.3, -0.25) is 9.59 Å². The molecule has 114 valence electrons. The molecule has 0 unspecified atom stereocenters. The van der Waals surface area contributed by atoms with E-state index < -0.39 is 0 Å². The van der Waals surface area contributed by atoms with Crippen LogP contribution in [-0.4, -0.2) is 30.8 Å². The standard InChI is InChI=1S/C17H24N2O2/c1-12-5-6-13(2)15(10-12)16(20)7-8-17(21)19-14-4-3-9-18-11-14/h5-6,10,14,18H,3-4,7-9,11H2,1-2H3,(H,19,21)/t14-/m0/s1. The number of piperidine rings is 1. The average molecular weight is 288 g/mol. The second-order valence-electron chi connectivity index (χ2n) is 5.85. The van der Waals surface area contributed by atoms with E-state index >= 15 is 0 Å². The van der Waals surface area contributed by atoms with Crippen molar-refractivity contribution in [3.05, 3.63) is 34.9 Å². The fourth-order valence-electron chi connectivity index (χ4n) is 2.67. The number of amides is 1. The minimum absolute atomic E-state index is 0.0256. The molecule has 0 saturated carbocycles.